The fraction of sp³-hybridized carbons (Fsp3) is 0.444. The summed E-state index contributed by atoms with van der Waals surface area (Å²) in [6, 6.07) is 3.16. The molecule has 0 radical (unpaired) electrons. The van der Waals surface area contributed by atoms with Crippen LogP contribution in [0.4, 0.5) is 0 Å². The van der Waals surface area contributed by atoms with Gasteiger partial charge < -0.3 is 9.05 Å². The van der Waals surface area contributed by atoms with Crippen LogP contribution < -0.4 is 5.44 Å². The van der Waals surface area contributed by atoms with Crippen molar-refractivity contribution in [2.75, 3.05) is 13.2 Å². The first-order valence-corrected chi connectivity index (χ1v) is 6.55. The van der Waals surface area contributed by atoms with Crippen LogP contribution in [0.25, 0.3) is 0 Å². The Labute approximate surface area is 94.1 Å². The lowest BCUT2D eigenvalue weighted by Crippen LogP contribution is -2.13. The lowest BCUT2D eigenvalue weighted by molar-refractivity contribution is 0.229. The Hall–Kier alpha value is -0.410. The van der Waals surface area contributed by atoms with Crippen LogP contribution in [-0.4, -0.2) is 18.2 Å². The van der Waals surface area contributed by atoms with Crippen molar-refractivity contribution in [2.24, 2.45) is 0 Å². The van der Waals surface area contributed by atoms with Gasteiger partial charge in [0.05, 0.1) is 18.2 Å². The summed E-state index contributed by atoms with van der Waals surface area (Å²) in [5.74, 6) is 0. The van der Waals surface area contributed by atoms with Gasteiger partial charge in [-0.3, -0.25) is 4.57 Å². The molecule has 0 amide bonds. The minimum atomic E-state index is -3.26. The summed E-state index contributed by atoms with van der Waals surface area (Å²) in [5, 5.41) is 0.485. The van der Waals surface area contributed by atoms with Crippen LogP contribution in [0, 0.1) is 0 Å². The Bertz CT molecular complexity index is 345. The Kier molecular flexibility index (Phi) is 4.74. The molecule has 1 heterocycles. The summed E-state index contributed by atoms with van der Waals surface area (Å²) in [5.41, 5.74) is 0.288. The van der Waals surface area contributed by atoms with Gasteiger partial charge >= 0.3 is 7.60 Å². The van der Waals surface area contributed by atoms with Gasteiger partial charge in [0.15, 0.2) is 5.44 Å². The Morgan fingerprint density at radius 3 is 2.33 bits per heavy atom. The van der Waals surface area contributed by atoms with Gasteiger partial charge in [0.25, 0.3) is 0 Å². The number of nitrogens with zero attached hydrogens (tertiary/aromatic N) is 1. The molecule has 1 aromatic heterocycles. The van der Waals surface area contributed by atoms with Crippen LogP contribution in [0.5, 0.6) is 0 Å². The van der Waals surface area contributed by atoms with Gasteiger partial charge in [-0.15, -0.1) is 0 Å². The molecule has 4 nitrogen and oxygen atoms in total. The molecule has 0 saturated heterocycles. The summed E-state index contributed by atoms with van der Waals surface area (Å²) in [4.78, 5) is 3.94. The fourth-order valence-electron chi connectivity index (χ4n) is 1.04. The summed E-state index contributed by atoms with van der Waals surface area (Å²) < 4.78 is 22.4. The third-order valence-corrected chi connectivity index (χ3v) is 3.84. The number of hydrogen-bond donors (Lipinski definition) is 0. The van der Waals surface area contributed by atoms with Gasteiger partial charge in [0.2, 0.25) is 0 Å². The highest BCUT2D eigenvalue weighted by Crippen LogP contribution is 2.45. The van der Waals surface area contributed by atoms with E-state index in [1.165, 1.54) is 6.20 Å². The van der Waals surface area contributed by atoms with E-state index in [0.717, 1.165) is 0 Å². The largest absolute Gasteiger partial charge is 0.379 e. The molecule has 0 aliphatic carbocycles. The van der Waals surface area contributed by atoms with Crippen LogP contribution in [0.15, 0.2) is 18.3 Å². The highest BCUT2D eigenvalue weighted by atomic mass is 35.5. The number of pyridine rings is 1. The summed E-state index contributed by atoms with van der Waals surface area (Å²) in [6.45, 7) is 4.12. The molecular formula is C9H13ClNO3P. The van der Waals surface area contributed by atoms with E-state index in [2.05, 4.69) is 4.98 Å². The van der Waals surface area contributed by atoms with E-state index in [9.17, 15) is 4.57 Å². The third kappa shape index (κ3) is 3.28. The Morgan fingerprint density at radius 2 is 1.93 bits per heavy atom. The maximum absolute atomic E-state index is 12.2. The van der Waals surface area contributed by atoms with Crippen molar-refractivity contribution >= 4 is 24.6 Å². The second-order valence-electron chi connectivity index (χ2n) is 2.67. The monoisotopic (exact) mass is 249 g/mol. The number of rotatable bonds is 5. The quantitative estimate of drug-likeness (QED) is 0.753. The predicted octanol–water partition coefficient (Wildman–Crippen LogP) is 2.63. The SMILES string of the molecule is CCOP(=O)(OCC)c1ccc(Cl)cn1. The Morgan fingerprint density at radius 1 is 1.33 bits per heavy atom. The average Bonchev–Trinajstić information content (AvgIpc) is 2.19. The van der Waals surface area contributed by atoms with Crippen molar-refractivity contribution in [3.63, 3.8) is 0 Å². The molecular weight excluding hydrogens is 237 g/mol. The van der Waals surface area contributed by atoms with Crippen LogP contribution in [0.1, 0.15) is 13.8 Å². The molecule has 15 heavy (non-hydrogen) atoms. The minimum Gasteiger partial charge on any atom is -0.304 e. The third-order valence-electron chi connectivity index (χ3n) is 1.59. The maximum atomic E-state index is 12.2. The first-order chi connectivity index (χ1) is 7.12. The molecule has 0 aliphatic heterocycles. The second kappa shape index (κ2) is 5.61. The van der Waals surface area contributed by atoms with Gasteiger partial charge in [-0.25, -0.2) is 4.98 Å². The summed E-state index contributed by atoms with van der Waals surface area (Å²) in [7, 11) is -3.26. The fourth-order valence-corrected chi connectivity index (χ4v) is 2.63. The molecule has 84 valence electrons. The van der Waals surface area contributed by atoms with Crippen LogP contribution in [-0.2, 0) is 13.6 Å². The zero-order valence-corrected chi connectivity index (χ0v) is 10.3. The molecule has 0 aromatic carbocycles. The van der Waals surface area contributed by atoms with Gasteiger partial charge in [-0.1, -0.05) is 11.6 Å². The van der Waals surface area contributed by atoms with E-state index in [-0.39, 0.29) is 5.44 Å². The Balaban J connectivity index is 2.98. The van der Waals surface area contributed by atoms with E-state index in [1.54, 1.807) is 26.0 Å². The predicted molar refractivity (Wildman–Crippen MR) is 59.7 cm³/mol. The zero-order chi connectivity index (χ0) is 11.3. The van der Waals surface area contributed by atoms with Crippen molar-refractivity contribution in [3.05, 3.63) is 23.4 Å². The lowest BCUT2D eigenvalue weighted by Gasteiger charge is -2.15. The topological polar surface area (TPSA) is 48.4 Å². The highest BCUT2D eigenvalue weighted by molar-refractivity contribution is 7.61. The molecule has 0 unspecified atom stereocenters. The van der Waals surface area contributed by atoms with Gasteiger partial charge in [0, 0.05) is 6.20 Å². The first-order valence-electron chi connectivity index (χ1n) is 4.63. The summed E-state index contributed by atoms with van der Waals surface area (Å²) in [6.07, 6.45) is 1.42. The second-order valence-corrected chi connectivity index (χ2v) is 5.07. The molecule has 0 N–H and O–H groups in total. The standard InChI is InChI=1S/C9H13ClNO3P/c1-3-13-15(12,14-4-2)9-6-5-8(10)7-11-9/h5-7H,3-4H2,1-2H3. The molecule has 0 fully saturated rings. The maximum Gasteiger partial charge on any atom is 0.379 e. The van der Waals surface area contributed by atoms with Crippen LogP contribution in [0.2, 0.25) is 5.02 Å². The number of aromatic nitrogens is 1. The van der Waals surface area contributed by atoms with Crippen LogP contribution in [0.3, 0.4) is 0 Å². The summed E-state index contributed by atoms with van der Waals surface area (Å²) >= 11 is 5.68. The molecule has 0 saturated carbocycles. The van der Waals surface area contributed by atoms with Crippen molar-refractivity contribution in [1.82, 2.24) is 4.98 Å². The van der Waals surface area contributed by atoms with Crippen LogP contribution >= 0.6 is 19.2 Å². The van der Waals surface area contributed by atoms with E-state index < -0.39 is 7.60 Å². The van der Waals surface area contributed by atoms with Gasteiger partial charge in [-0.2, -0.15) is 0 Å². The normalized spacial score (nSPS) is 11.7. The van der Waals surface area contributed by atoms with E-state index in [1.807, 2.05) is 0 Å². The average molecular weight is 250 g/mol. The molecule has 6 heteroatoms. The van der Waals surface area contributed by atoms with E-state index >= 15 is 0 Å². The lowest BCUT2D eigenvalue weighted by atomic mass is 10.5. The molecule has 1 aromatic rings. The molecule has 0 spiro atoms. The molecule has 1 rings (SSSR count). The number of halogens is 1. The van der Waals surface area contributed by atoms with Crippen molar-refractivity contribution in [1.29, 1.82) is 0 Å². The molecule has 0 aliphatic rings. The van der Waals surface area contributed by atoms with Gasteiger partial charge in [-0.05, 0) is 26.0 Å². The first kappa shape index (κ1) is 12.7. The van der Waals surface area contributed by atoms with E-state index in [4.69, 9.17) is 20.6 Å². The van der Waals surface area contributed by atoms with Crippen molar-refractivity contribution < 1.29 is 13.6 Å². The zero-order valence-electron chi connectivity index (χ0n) is 8.64. The van der Waals surface area contributed by atoms with E-state index in [0.29, 0.717) is 18.2 Å². The highest BCUT2D eigenvalue weighted by Gasteiger charge is 2.27. The smallest absolute Gasteiger partial charge is 0.304 e. The van der Waals surface area contributed by atoms with Crippen molar-refractivity contribution in [2.45, 2.75) is 13.8 Å². The molecule has 0 atom stereocenters. The molecule has 0 bridgehead atoms. The number of hydrogen-bond acceptors (Lipinski definition) is 4. The van der Waals surface area contributed by atoms with Gasteiger partial charge in [0.1, 0.15) is 0 Å². The van der Waals surface area contributed by atoms with Crippen molar-refractivity contribution in [3.8, 4) is 0 Å². The minimum absolute atomic E-state index is 0.288.